The van der Waals surface area contributed by atoms with Crippen molar-refractivity contribution >= 4 is 15.9 Å². The quantitative estimate of drug-likeness (QED) is 0.766. The van der Waals surface area contributed by atoms with E-state index in [1.807, 2.05) is 37.3 Å². The molecule has 2 aromatic rings. The van der Waals surface area contributed by atoms with Gasteiger partial charge in [0.15, 0.2) is 0 Å². The Morgan fingerprint density at radius 2 is 1.81 bits per heavy atom. The number of rotatable bonds is 5. The van der Waals surface area contributed by atoms with Crippen LogP contribution < -0.4 is 14.8 Å². The van der Waals surface area contributed by atoms with Crippen molar-refractivity contribution in [3.63, 3.8) is 0 Å². The van der Waals surface area contributed by atoms with Gasteiger partial charge in [0.2, 0.25) is 15.9 Å². The highest BCUT2D eigenvalue weighted by Crippen LogP contribution is 2.44. The van der Waals surface area contributed by atoms with Crippen molar-refractivity contribution in [3.05, 3.63) is 53.6 Å². The van der Waals surface area contributed by atoms with Gasteiger partial charge in [-0.25, -0.2) is 8.42 Å². The smallest absolute Gasteiger partial charge is 0.247 e. The van der Waals surface area contributed by atoms with Crippen LogP contribution in [0.4, 0.5) is 0 Å². The minimum absolute atomic E-state index is 0.0200. The molecule has 8 heteroatoms. The number of methoxy groups -OCH3 is 2. The van der Waals surface area contributed by atoms with E-state index in [1.54, 1.807) is 23.5 Å². The number of carbonyl (C=O) groups excluding carboxylic acids is 1. The van der Waals surface area contributed by atoms with E-state index in [0.29, 0.717) is 37.2 Å². The minimum atomic E-state index is -3.90. The molecule has 7 nitrogen and oxygen atoms in total. The Balaban J connectivity index is 1.83. The van der Waals surface area contributed by atoms with Crippen LogP contribution in [0.5, 0.6) is 11.5 Å². The fourth-order valence-corrected chi connectivity index (χ4v) is 6.82. The number of hydrogen-bond acceptors (Lipinski definition) is 5. The molecule has 31 heavy (non-hydrogen) atoms. The Kier molecular flexibility index (Phi) is 5.94. The van der Waals surface area contributed by atoms with E-state index in [2.05, 4.69) is 5.32 Å². The highest BCUT2D eigenvalue weighted by atomic mass is 32.2. The fraction of sp³-hybridized carbons (Fsp3) is 0.435. The molecule has 3 atom stereocenters. The lowest BCUT2D eigenvalue weighted by Gasteiger charge is -2.31. The number of sulfonamides is 1. The standard InChI is InChI=1S/C23H28N2O5S/c1-15-7-12-21(30-3)22(13-15)31(27,28)25-19-5-4-6-23(26)24-18(19)14-20(25)16-8-10-17(29-2)11-9-16/h7-13,18-20H,4-6,14H2,1-3H3,(H,24,26)/t18-,19+,20+/m0/s1. The van der Waals surface area contributed by atoms with Crippen LogP contribution in [0.25, 0.3) is 0 Å². The van der Waals surface area contributed by atoms with Gasteiger partial charge in [-0.05, 0) is 61.6 Å². The third-order valence-corrected chi connectivity index (χ3v) is 8.16. The van der Waals surface area contributed by atoms with Crippen molar-refractivity contribution < 1.29 is 22.7 Å². The summed E-state index contributed by atoms with van der Waals surface area (Å²) >= 11 is 0. The minimum Gasteiger partial charge on any atom is -0.497 e. The molecule has 0 spiro atoms. The molecule has 2 fully saturated rings. The van der Waals surface area contributed by atoms with Crippen LogP contribution in [0, 0.1) is 6.92 Å². The van der Waals surface area contributed by atoms with E-state index in [0.717, 1.165) is 11.1 Å². The SMILES string of the molecule is COc1ccc([C@H]2C[C@@H]3NC(=O)CCC[C@H]3N2S(=O)(=O)c2cc(C)ccc2OC)cc1. The first-order valence-corrected chi connectivity index (χ1v) is 11.9. The van der Waals surface area contributed by atoms with Crippen molar-refractivity contribution in [1.82, 2.24) is 9.62 Å². The fourth-order valence-electron chi connectivity index (χ4n) is 4.70. The van der Waals surface area contributed by atoms with Gasteiger partial charge >= 0.3 is 0 Å². The largest absolute Gasteiger partial charge is 0.497 e. The molecule has 2 aliphatic heterocycles. The topological polar surface area (TPSA) is 84.9 Å². The Morgan fingerprint density at radius 3 is 2.48 bits per heavy atom. The van der Waals surface area contributed by atoms with Gasteiger partial charge in [0.05, 0.1) is 20.3 Å². The second kappa shape index (κ2) is 8.51. The Morgan fingerprint density at radius 1 is 1.06 bits per heavy atom. The summed E-state index contributed by atoms with van der Waals surface area (Å²) in [6.45, 7) is 1.86. The molecule has 2 heterocycles. The van der Waals surface area contributed by atoms with Crippen molar-refractivity contribution in [3.8, 4) is 11.5 Å². The first-order valence-electron chi connectivity index (χ1n) is 10.5. The van der Waals surface area contributed by atoms with Crippen molar-refractivity contribution in [2.75, 3.05) is 14.2 Å². The average molecular weight is 445 g/mol. The zero-order valence-corrected chi connectivity index (χ0v) is 18.8. The predicted octanol–water partition coefficient (Wildman–Crippen LogP) is 3.19. The number of benzene rings is 2. The molecule has 0 radical (unpaired) electrons. The lowest BCUT2D eigenvalue weighted by molar-refractivity contribution is -0.121. The van der Waals surface area contributed by atoms with Gasteiger partial charge in [0.1, 0.15) is 16.4 Å². The third-order valence-electron chi connectivity index (χ3n) is 6.20. The lowest BCUT2D eigenvalue weighted by atomic mass is 10.0. The monoisotopic (exact) mass is 444 g/mol. The van der Waals surface area contributed by atoms with E-state index in [4.69, 9.17) is 9.47 Å². The molecule has 1 amide bonds. The summed E-state index contributed by atoms with van der Waals surface area (Å²) in [6, 6.07) is 11.7. The number of nitrogens with one attached hydrogen (secondary N) is 1. The Bertz CT molecular complexity index is 1070. The molecule has 2 aromatic carbocycles. The molecular weight excluding hydrogens is 416 g/mol. The molecule has 0 aromatic heterocycles. The molecule has 1 N–H and O–H groups in total. The van der Waals surface area contributed by atoms with E-state index < -0.39 is 16.1 Å². The van der Waals surface area contributed by atoms with E-state index >= 15 is 0 Å². The van der Waals surface area contributed by atoms with E-state index in [-0.39, 0.29) is 22.9 Å². The van der Waals surface area contributed by atoms with Gasteiger partial charge in [-0.1, -0.05) is 18.2 Å². The molecule has 0 saturated carbocycles. The summed E-state index contributed by atoms with van der Waals surface area (Å²) in [5.74, 6) is 1.01. The first kappa shape index (κ1) is 21.6. The Hall–Kier alpha value is -2.58. The molecule has 0 aliphatic carbocycles. The van der Waals surface area contributed by atoms with Gasteiger partial charge in [0, 0.05) is 18.5 Å². The summed E-state index contributed by atoms with van der Waals surface area (Å²) in [4.78, 5) is 12.4. The number of amides is 1. The maximum atomic E-state index is 14.0. The summed E-state index contributed by atoms with van der Waals surface area (Å²) < 4.78 is 40.3. The maximum Gasteiger partial charge on any atom is 0.247 e. The molecule has 0 bridgehead atoms. The van der Waals surface area contributed by atoms with Crippen LogP contribution in [0.15, 0.2) is 47.4 Å². The van der Waals surface area contributed by atoms with Gasteiger partial charge < -0.3 is 14.8 Å². The predicted molar refractivity (Wildman–Crippen MR) is 117 cm³/mol. The zero-order valence-electron chi connectivity index (χ0n) is 18.0. The summed E-state index contributed by atoms with van der Waals surface area (Å²) in [6.07, 6.45) is 2.22. The first-order chi connectivity index (χ1) is 14.8. The summed E-state index contributed by atoms with van der Waals surface area (Å²) in [5.41, 5.74) is 1.71. The highest BCUT2D eigenvalue weighted by Gasteiger charge is 2.50. The number of carbonyl (C=O) groups is 1. The number of hydrogen-bond donors (Lipinski definition) is 1. The molecule has 2 saturated heterocycles. The maximum absolute atomic E-state index is 14.0. The van der Waals surface area contributed by atoms with Gasteiger partial charge in [-0.3, -0.25) is 4.79 Å². The van der Waals surface area contributed by atoms with E-state index in [1.165, 1.54) is 7.11 Å². The molecule has 166 valence electrons. The van der Waals surface area contributed by atoms with Crippen LogP contribution >= 0.6 is 0 Å². The van der Waals surface area contributed by atoms with Crippen molar-refractivity contribution in [2.45, 2.75) is 55.6 Å². The molecule has 4 rings (SSSR count). The van der Waals surface area contributed by atoms with Gasteiger partial charge in [-0.2, -0.15) is 4.31 Å². The molecular formula is C23H28N2O5S. The average Bonchev–Trinajstić information content (AvgIpc) is 3.02. The third kappa shape index (κ3) is 4.02. The summed E-state index contributed by atoms with van der Waals surface area (Å²) in [7, 11) is -0.824. The lowest BCUT2D eigenvalue weighted by Crippen LogP contribution is -2.45. The Labute approximate surface area is 183 Å². The second-order valence-electron chi connectivity index (χ2n) is 8.15. The van der Waals surface area contributed by atoms with Crippen molar-refractivity contribution in [2.24, 2.45) is 0 Å². The van der Waals surface area contributed by atoms with Crippen LogP contribution in [0.2, 0.25) is 0 Å². The second-order valence-corrected chi connectivity index (χ2v) is 9.96. The molecule has 0 unspecified atom stereocenters. The van der Waals surface area contributed by atoms with Crippen LogP contribution in [0.3, 0.4) is 0 Å². The number of aryl methyl sites for hydroxylation is 1. The van der Waals surface area contributed by atoms with Crippen LogP contribution in [-0.2, 0) is 14.8 Å². The molecule has 2 aliphatic rings. The van der Waals surface area contributed by atoms with Crippen molar-refractivity contribution in [1.29, 1.82) is 0 Å². The van der Waals surface area contributed by atoms with Gasteiger partial charge in [-0.15, -0.1) is 0 Å². The number of ether oxygens (including phenoxy) is 2. The zero-order chi connectivity index (χ0) is 22.2. The normalized spacial score (nSPS) is 24.2. The number of fused-ring (bicyclic) bond motifs is 1. The number of nitrogens with zero attached hydrogens (tertiary/aromatic N) is 1. The van der Waals surface area contributed by atoms with Gasteiger partial charge in [0.25, 0.3) is 0 Å². The summed E-state index contributed by atoms with van der Waals surface area (Å²) in [5, 5.41) is 3.06. The van der Waals surface area contributed by atoms with E-state index in [9.17, 15) is 13.2 Å². The highest BCUT2D eigenvalue weighted by molar-refractivity contribution is 7.89. The van der Waals surface area contributed by atoms with Crippen LogP contribution in [0.1, 0.15) is 42.9 Å². The van der Waals surface area contributed by atoms with Crippen LogP contribution in [-0.4, -0.2) is 44.9 Å².